The fourth-order valence-corrected chi connectivity index (χ4v) is 5.35. The molecule has 2 aromatic rings. The van der Waals surface area contributed by atoms with Crippen LogP contribution < -0.4 is 15.4 Å². The van der Waals surface area contributed by atoms with Crippen molar-refractivity contribution in [2.75, 3.05) is 20.2 Å². The van der Waals surface area contributed by atoms with Crippen molar-refractivity contribution >= 4 is 41.5 Å². The maximum Gasteiger partial charge on any atom is 0.363 e. The first-order chi connectivity index (χ1) is 22.8. The fraction of sp³-hybridized carbons (Fsp3) is 0.364. The van der Waals surface area contributed by atoms with Crippen molar-refractivity contribution in [2.45, 2.75) is 52.6 Å². The number of hydrogen-bond acceptors (Lipinski definition) is 11. The first kappa shape index (κ1) is 35.1. The molecule has 4 rings (SSSR count). The van der Waals surface area contributed by atoms with Crippen molar-refractivity contribution in [3.63, 3.8) is 0 Å². The van der Waals surface area contributed by atoms with Crippen molar-refractivity contribution < 1.29 is 58.1 Å². The number of carboxylic acids is 1. The zero-order valence-corrected chi connectivity index (χ0v) is 26.5. The van der Waals surface area contributed by atoms with E-state index in [1.165, 1.54) is 31.4 Å². The Morgan fingerprint density at radius 1 is 1.00 bits per heavy atom. The van der Waals surface area contributed by atoms with Gasteiger partial charge < -0.3 is 35.2 Å². The van der Waals surface area contributed by atoms with Gasteiger partial charge in [-0.25, -0.2) is 9.59 Å². The largest absolute Gasteiger partial charge is 0.507 e. The minimum atomic E-state index is -1.17. The monoisotopic (exact) mass is 665 g/mol. The lowest BCUT2D eigenvalue weighted by atomic mass is 9.93. The molecule has 2 aliphatic heterocycles. The van der Waals surface area contributed by atoms with Gasteiger partial charge in [0.25, 0.3) is 17.7 Å². The van der Waals surface area contributed by atoms with E-state index in [4.69, 9.17) is 14.3 Å². The molecule has 48 heavy (non-hydrogen) atoms. The third kappa shape index (κ3) is 7.97. The number of esters is 1. The van der Waals surface area contributed by atoms with E-state index in [-0.39, 0.29) is 74.2 Å². The highest BCUT2D eigenvalue weighted by Gasteiger charge is 2.34. The summed E-state index contributed by atoms with van der Waals surface area (Å²) in [6.45, 7) is 3.55. The number of hydrogen-bond donors (Lipinski definition) is 4. The Bertz CT molecular complexity index is 1680. The summed E-state index contributed by atoms with van der Waals surface area (Å²) in [5, 5.41) is 26.1. The molecule has 4 amide bonds. The average molecular weight is 666 g/mol. The molecular weight excluding hydrogens is 630 g/mol. The molecule has 0 aromatic heterocycles. The fourth-order valence-electron chi connectivity index (χ4n) is 5.35. The number of carbonyl (C=O) groups is 7. The van der Waals surface area contributed by atoms with Gasteiger partial charge in [0.15, 0.2) is 0 Å². The van der Waals surface area contributed by atoms with Gasteiger partial charge in [-0.3, -0.25) is 24.0 Å². The first-order valence-electron chi connectivity index (χ1n) is 15.0. The van der Waals surface area contributed by atoms with E-state index in [9.17, 15) is 43.8 Å². The van der Waals surface area contributed by atoms with E-state index >= 15 is 0 Å². The minimum absolute atomic E-state index is 0.0205. The molecule has 2 heterocycles. The molecule has 0 radical (unpaired) electrons. The number of hydroxylamine groups is 2. The summed E-state index contributed by atoms with van der Waals surface area (Å²) in [4.78, 5) is 89.4. The van der Waals surface area contributed by atoms with Crippen molar-refractivity contribution in [3.05, 3.63) is 69.3 Å². The summed E-state index contributed by atoms with van der Waals surface area (Å²) >= 11 is 0. The van der Waals surface area contributed by atoms with Crippen molar-refractivity contribution in [1.82, 2.24) is 15.7 Å². The number of nitrogens with one attached hydrogen (secondary N) is 2. The third-order valence-corrected chi connectivity index (χ3v) is 7.95. The molecule has 0 spiro atoms. The molecule has 0 bridgehead atoms. The van der Waals surface area contributed by atoms with Crippen LogP contribution in [0.15, 0.2) is 35.9 Å². The second-order valence-corrected chi connectivity index (χ2v) is 11.3. The number of imide groups is 1. The van der Waals surface area contributed by atoms with Crippen LogP contribution in [0.5, 0.6) is 11.5 Å². The van der Waals surface area contributed by atoms with Crippen molar-refractivity contribution in [3.8, 4) is 11.5 Å². The number of aromatic hydroxyl groups is 1. The molecule has 2 aliphatic rings. The van der Waals surface area contributed by atoms with Gasteiger partial charge in [0, 0.05) is 49.0 Å². The molecule has 1 fully saturated rings. The third-order valence-electron chi connectivity index (χ3n) is 7.95. The van der Waals surface area contributed by atoms with Gasteiger partial charge in [0.05, 0.1) is 18.6 Å². The number of methoxy groups -OCH3 is 1. The summed E-state index contributed by atoms with van der Waals surface area (Å²) in [6.07, 6.45) is 1.50. The standard InChI is InChI=1S/C33H35N3O12/c1-17(4-9-22-28(40)27-23(16-47-33(27)45)18(2)29(22)46-3)14-21(31(42)43)15-24(37)34-12-13-35-30(41)19-5-7-20(8-6-19)32(44)48-36-25(38)10-11-26(36)39/h4-8,21,40H,9-16H2,1-3H3,(H,34,37)(H,35,41)(H,42,43)/b17-4+. The summed E-state index contributed by atoms with van der Waals surface area (Å²) in [7, 11) is 1.45. The number of rotatable bonds is 14. The van der Waals surface area contributed by atoms with Crippen molar-refractivity contribution in [1.29, 1.82) is 0 Å². The summed E-state index contributed by atoms with van der Waals surface area (Å²) in [5.74, 6) is -5.88. The quantitative estimate of drug-likeness (QED) is 0.0988. The number of amides is 4. The topological polar surface area (TPSA) is 215 Å². The van der Waals surface area contributed by atoms with E-state index in [0.717, 1.165) is 0 Å². The summed E-state index contributed by atoms with van der Waals surface area (Å²) < 4.78 is 10.5. The molecule has 1 saturated heterocycles. The SMILES string of the molecule is COc1c(C)c2c(c(O)c1C/C=C(\C)CC(CC(=O)NCCNC(=O)c1ccc(C(=O)ON3C(=O)CCC3=O)cc1)C(=O)O)C(=O)OC2. The predicted molar refractivity (Wildman–Crippen MR) is 165 cm³/mol. The average Bonchev–Trinajstić information content (AvgIpc) is 3.60. The van der Waals surface area contributed by atoms with Gasteiger partial charge in [0.1, 0.15) is 23.7 Å². The zero-order chi connectivity index (χ0) is 35.1. The predicted octanol–water partition coefficient (Wildman–Crippen LogP) is 2.12. The highest BCUT2D eigenvalue weighted by molar-refractivity contribution is 6.03. The molecule has 0 aliphatic carbocycles. The lowest BCUT2D eigenvalue weighted by molar-refractivity contribution is -0.172. The maximum absolute atomic E-state index is 12.5. The van der Waals surface area contributed by atoms with Crippen LogP contribution in [0.2, 0.25) is 0 Å². The number of cyclic esters (lactones) is 1. The van der Waals surface area contributed by atoms with Gasteiger partial charge in [-0.05, 0) is 56.5 Å². The van der Waals surface area contributed by atoms with E-state index in [1.807, 2.05) is 0 Å². The Balaban J connectivity index is 1.24. The molecule has 254 valence electrons. The molecule has 1 unspecified atom stereocenters. The number of benzene rings is 2. The van der Waals surface area contributed by atoms with Crippen molar-refractivity contribution in [2.24, 2.45) is 5.92 Å². The molecule has 15 nitrogen and oxygen atoms in total. The van der Waals surface area contributed by atoms with Gasteiger partial charge in [0.2, 0.25) is 5.91 Å². The van der Waals surface area contributed by atoms with Gasteiger partial charge in [-0.15, -0.1) is 5.06 Å². The molecular formula is C33H35N3O12. The molecule has 4 N–H and O–H groups in total. The minimum Gasteiger partial charge on any atom is -0.507 e. The van der Waals surface area contributed by atoms with Crippen LogP contribution in [0.3, 0.4) is 0 Å². The number of nitrogens with zero attached hydrogens (tertiary/aromatic N) is 1. The number of fused-ring (bicyclic) bond motifs is 1. The van der Waals surface area contributed by atoms with Crippen LogP contribution in [0, 0.1) is 12.8 Å². The number of carbonyl (C=O) groups excluding carboxylic acids is 6. The van der Waals surface area contributed by atoms with Crippen LogP contribution in [0.25, 0.3) is 0 Å². The Morgan fingerprint density at radius 3 is 2.25 bits per heavy atom. The number of ether oxygens (including phenoxy) is 2. The summed E-state index contributed by atoms with van der Waals surface area (Å²) in [6, 6.07) is 5.30. The smallest absolute Gasteiger partial charge is 0.363 e. The second-order valence-electron chi connectivity index (χ2n) is 11.3. The van der Waals surface area contributed by atoms with E-state index in [0.29, 0.717) is 33.1 Å². The Kier molecular flexibility index (Phi) is 11.2. The van der Waals surface area contributed by atoms with Crippen LogP contribution in [0.4, 0.5) is 0 Å². The van der Waals surface area contributed by atoms with E-state index < -0.39 is 47.5 Å². The summed E-state index contributed by atoms with van der Waals surface area (Å²) in [5.41, 5.74) is 2.54. The van der Waals surface area contributed by atoms with Crippen LogP contribution in [0.1, 0.15) is 80.4 Å². The van der Waals surface area contributed by atoms with Crippen LogP contribution in [-0.2, 0) is 41.8 Å². The van der Waals surface area contributed by atoms with Crippen LogP contribution >= 0.6 is 0 Å². The number of aliphatic carboxylic acids is 1. The van der Waals surface area contributed by atoms with Gasteiger partial charge >= 0.3 is 17.9 Å². The second kappa shape index (κ2) is 15.2. The number of phenolic OH excluding ortho intramolecular Hbond substituents is 1. The Labute approximate surface area is 274 Å². The van der Waals surface area contributed by atoms with Gasteiger partial charge in [-0.2, -0.15) is 0 Å². The maximum atomic E-state index is 12.5. The molecule has 1 atom stereocenters. The zero-order valence-electron chi connectivity index (χ0n) is 26.5. The molecule has 0 saturated carbocycles. The Morgan fingerprint density at radius 2 is 1.62 bits per heavy atom. The van der Waals surface area contributed by atoms with E-state index in [2.05, 4.69) is 10.6 Å². The highest BCUT2D eigenvalue weighted by Crippen LogP contribution is 2.42. The molecule has 2 aromatic carbocycles. The van der Waals surface area contributed by atoms with Crippen LogP contribution in [-0.4, -0.2) is 77.0 Å². The first-order valence-corrected chi connectivity index (χ1v) is 15.0. The van der Waals surface area contributed by atoms with E-state index in [1.54, 1.807) is 19.9 Å². The van der Waals surface area contributed by atoms with Gasteiger partial charge in [-0.1, -0.05) is 11.6 Å². The Hall–Kier alpha value is -5.73. The lowest BCUT2D eigenvalue weighted by Gasteiger charge is -2.16. The number of allylic oxidation sites excluding steroid dienone is 2. The molecule has 15 heteroatoms. The lowest BCUT2D eigenvalue weighted by Crippen LogP contribution is -2.36. The normalized spacial score (nSPS) is 14.7. The number of carboxylic acid groups (broad SMARTS) is 1. The highest BCUT2D eigenvalue weighted by atomic mass is 16.7. The number of phenols is 1.